The molecule has 6 heteroatoms. The minimum absolute atomic E-state index is 0.0859. The van der Waals surface area contributed by atoms with Crippen LogP contribution in [0.2, 0.25) is 0 Å². The molecule has 0 aromatic heterocycles. The average molecular weight is 797 g/mol. The van der Waals surface area contributed by atoms with Crippen LogP contribution in [0, 0.1) is 0 Å². The van der Waals surface area contributed by atoms with Crippen molar-refractivity contribution in [1.82, 2.24) is 0 Å². The van der Waals surface area contributed by atoms with E-state index in [1.807, 2.05) is 0 Å². The Morgan fingerprint density at radius 3 is 1.09 bits per heavy atom. The summed E-state index contributed by atoms with van der Waals surface area (Å²) in [5, 5.41) is 0. The highest BCUT2D eigenvalue weighted by atomic mass is 16.6. The monoisotopic (exact) mass is 797 g/mol. The van der Waals surface area contributed by atoms with Crippen molar-refractivity contribution in [2.75, 3.05) is 13.2 Å². The first-order chi connectivity index (χ1) is 28.0. The van der Waals surface area contributed by atoms with E-state index in [0.29, 0.717) is 19.3 Å². The smallest absolute Gasteiger partial charge is 0.306 e. The fourth-order valence-corrected chi connectivity index (χ4v) is 6.43. The molecular weight excluding hydrogens is 709 g/mol. The molecule has 0 saturated heterocycles. The van der Waals surface area contributed by atoms with Gasteiger partial charge in [0.2, 0.25) is 0 Å². The summed E-state index contributed by atoms with van der Waals surface area (Å²) in [7, 11) is 0. The summed E-state index contributed by atoms with van der Waals surface area (Å²) in [5.74, 6) is -0.929. The normalized spacial score (nSPS) is 12.5. The van der Waals surface area contributed by atoms with Crippen LogP contribution in [0.3, 0.4) is 0 Å². The van der Waals surface area contributed by atoms with Crippen molar-refractivity contribution in [1.29, 1.82) is 0 Å². The third kappa shape index (κ3) is 44.1. The van der Waals surface area contributed by atoms with Gasteiger partial charge in [-0.1, -0.05) is 184 Å². The van der Waals surface area contributed by atoms with Gasteiger partial charge in [-0.05, 0) is 83.5 Å². The van der Waals surface area contributed by atoms with Crippen LogP contribution in [0.15, 0.2) is 60.8 Å². The number of unbranched alkanes of at least 4 members (excludes halogenated alkanes) is 21. The van der Waals surface area contributed by atoms with E-state index in [0.717, 1.165) is 109 Å². The summed E-state index contributed by atoms with van der Waals surface area (Å²) in [4.78, 5) is 37.6. The van der Waals surface area contributed by atoms with Crippen molar-refractivity contribution < 1.29 is 28.6 Å². The van der Waals surface area contributed by atoms with Gasteiger partial charge in [0.25, 0.3) is 0 Å². The van der Waals surface area contributed by atoms with E-state index in [1.165, 1.54) is 77.0 Å². The SMILES string of the molecule is CC/C=C\C/C=C\C/C=C\C/C=C\CCCCCCC(=O)OCC(COC(=O)CCCCCCCC)OC(=O)CCCCCCC/C=C\CCCCCCCCC. The van der Waals surface area contributed by atoms with Gasteiger partial charge in [-0.15, -0.1) is 0 Å². The molecular formula is C51H88O6. The summed E-state index contributed by atoms with van der Waals surface area (Å²) in [5.41, 5.74) is 0. The molecule has 0 saturated carbocycles. The quantitative estimate of drug-likeness (QED) is 0.0265. The Labute approximate surface area is 351 Å². The lowest BCUT2D eigenvalue weighted by molar-refractivity contribution is -0.167. The highest BCUT2D eigenvalue weighted by molar-refractivity contribution is 5.71. The van der Waals surface area contributed by atoms with Gasteiger partial charge in [0.1, 0.15) is 13.2 Å². The first-order valence-electron chi connectivity index (χ1n) is 23.8. The van der Waals surface area contributed by atoms with Crippen LogP contribution in [0.5, 0.6) is 0 Å². The summed E-state index contributed by atoms with van der Waals surface area (Å²) in [6, 6.07) is 0. The summed E-state index contributed by atoms with van der Waals surface area (Å²) in [6.45, 7) is 6.43. The average Bonchev–Trinajstić information content (AvgIpc) is 3.21. The highest BCUT2D eigenvalue weighted by Crippen LogP contribution is 2.13. The molecule has 0 N–H and O–H groups in total. The minimum atomic E-state index is -0.783. The number of hydrogen-bond donors (Lipinski definition) is 0. The molecule has 0 aliphatic carbocycles. The van der Waals surface area contributed by atoms with Crippen molar-refractivity contribution in [3.63, 3.8) is 0 Å². The maximum Gasteiger partial charge on any atom is 0.306 e. The van der Waals surface area contributed by atoms with E-state index in [1.54, 1.807) is 0 Å². The van der Waals surface area contributed by atoms with Gasteiger partial charge < -0.3 is 14.2 Å². The Hall–Kier alpha value is -2.89. The number of rotatable bonds is 42. The predicted molar refractivity (Wildman–Crippen MR) is 242 cm³/mol. The molecule has 0 bridgehead atoms. The molecule has 0 fully saturated rings. The molecule has 0 radical (unpaired) electrons. The molecule has 0 heterocycles. The number of esters is 3. The molecule has 0 aliphatic rings. The lowest BCUT2D eigenvalue weighted by atomic mass is 10.1. The molecule has 0 aromatic carbocycles. The van der Waals surface area contributed by atoms with Crippen LogP contribution in [0.1, 0.15) is 226 Å². The lowest BCUT2D eigenvalue weighted by Gasteiger charge is -2.18. The standard InChI is InChI=1S/C51H88O6/c1-4-7-10-13-16-18-20-22-24-26-28-29-31-33-35-38-41-44-50(53)56-47-48(46-55-49(52)43-40-37-15-12-9-6-3)57-51(54)45-42-39-36-34-32-30-27-25-23-21-19-17-14-11-8-5-2/h7,10,16,18,22,24-25,27-29,48H,4-6,8-9,11-15,17,19-21,23,26,30-47H2,1-3H3/b10-7-,18-16-,24-22-,27-25-,29-28-. The van der Waals surface area contributed by atoms with Gasteiger partial charge in [0.05, 0.1) is 0 Å². The van der Waals surface area contributed by atoms with E-state index in [2.05, 4.69) is 81.5 Å². The van der Waals surface area contributed by atoms with Crippen molar-refractivity contribution in [2.24, 2.45) is 0 Å². The number of hydrogen-bond acceptors (Lipinski definition) is 6. The molecule has 0 spiro atoms. The van der Waals surface area contributed by atoms with E-state index < -0.39 is 6.10 Å². The number of allylic oxidation sites excluding steroid dienone is 10. The zero-order chi connectivity index (χ0) is 41.5. The van der Waals surface area contributed by atoms with Crippen LogP contribution in [0.4, 0.5) is 0 Å². The van der Waals surface area contributed by atoms with Crippen molar-refractivity contribution in [3.8, 4) is 0 Å². The topological polar surface area (TPSA) is 78.9 Å². The Kier molecular flexibility index (Phi) is 43.5. The van der Waals surface area contributed by atoms with Crippen molar-refractivity contribution in [3.05, 3.63) is 60.8 Å². The first-order valence-corrected chi connectivity index (χ1v) is 23.8. The number of carbonyl (C=O) groups is 3. The van der Waals surface area contributed by atoms with Crippen molar-refractivity contribution >= 4 is 17.9 Å². The first kappa shape index (κ1) is 54.1. The Bertz CT molecular complexity index is 1050. The predicted octanol–water partition coefficient (Wildman–Crippen LogP) is 15.3. The number of ether oxygens (including phenoxy) is 3. The third-order valence-corrected chi connectivity index (χ3v) is 10.0. The Morgan fingerprint density at radius 2 is 0.684 bits per heavy atom. The van der Waals surface area contributed by atoms with Crippen LogP contribution >= 0.6 is 0 Å². The molecule has 0 amide bonds. The van der Waals surface area contributed by atoms with Crippen molar-refractivity contribution in [2.45, 2.75) is 232 Å². The second kappa shape index (κ2) is 45.8. The van der Waals surface area contributed by atoms with E-state index in [9.17, 15) is 14.4 Å². The van der Waals surface area contributed by atoms with Crippen LogP contribution < -0.4 is 0 Å². The molecule has 6 nitrogen and oxygen atoms in total. The minimum Gasteiger partial charge on any atom is -0.462 e. The molecule has 57 heavy (non-hydrogen) atoms. The van der Waals surface area contributed by atoms with Gasteiger partial charge >= 0.3 is 17.9 Å². The summed E-state index contributed by atoms with van der Waals surface area (Å²) < 4.78 is 16.6. The molecule has 1 atom stereocenters. The maximum atomic E-state index is 12.7. The van der Waals surface area contributed by atoms with Crippen LogP contribution in [0.25, 0.3) is 0 Å². The second-order valence-corrected chi connectivity index (χ2v) is 15.6. The number of carbonyl (C=O) groups excluding carboxylic acids is 3. The fraction of sp³-hybridized carbons (Fsp3) is 0.745. The molecule has 0 rings (SSSR count). The lowest BCUT2D eigenvalue weighted by Crippen LogP contribution is -2.30. The van der Waals surface area contributed by atoms with Gasteiger partial charge in [-0.3, -0.25) is 14.4 Å². The highest BCUT2D eigenvalue weighted by Gasteiger charge is 2.19. The fourth-order valence-electron chi connectivity index (χ4n) is 6.43. The summed E-state index contributed by atoms with van der Waals surface area (Å²) in [6.07, 6.45) is 55.1. The molecule has 0 aliphatic heterocycles. The largest absolute Gasteiger partial charge is 0.462 e. The maximum absolute atomic E-state index is 12.7. The van der Waals surface area contributed by atoms with Crippen LogP contribution in [-0.2, 0) is 28.6 Å². The van der Waals surface area contributed by atoms with E-state index in [4.69, 9.17) is 14.2 Å². The van der Waals surface area contributed by atoms with Gasteiger partial charge in [0, 0.05) is 19.3 Å². The van der Waals surface area contributed by atoms with Gasteiger partial charge in [-0.2, -0.15) is 0 Å². The molecule has 0 aromatic rings. The third-order valence-electron chi connectivity index (χ3n) is 10.0. The van der Waals surface area contributed by atoms with E-state index >= 15 is 0 Å². The molecule has 1 unspecified atom stereocenters. The molecule has 328 valence electrons. The zero-order valence-electron chi connectivity index (χ0n) is 37.3. The zero-order valence-corrected chi connectivity index (χ0v) is 37.3. The van der Waals surface area contributed by atoms with E-state index in [-0.39, 0.29) is 31.1 Å². The Balaban J connectivity index is 4.31. The van der Waals surface area contributed by atoms with Crippen LogP contribution in [-0.4, -0.2) is 37.2 Å². The summed E-state index contributed by atoms with van der Waals surface area (Å²) >= 11 is 0. The Morgan fingerprint density at radius 1 is 0.368 bits per heavy atom. The van der Waals surface area contributed by atoms with Gasteiger partial charge in [-0.25, -0.2) is 0 Å². The second-order valence-electron chi connectivity index (χ2n) is 15.6. The van der Waals surface area contributed by atoms with Gasteiger partial charge in [0.15, 0.2) is 6.10 Å².